The molecule has 0 N–H and O–H groups in total. The fourth-order valence-electron chi connectivity index (χ4n) is 3.91. The Labute approximate surface area is 163 Å². The maximum absolute atomic E-state index is 13.4. The lowest BCUT2D eigenvalue weighted by molar-refractivity contribution is 0.0712. The molecule has 0 aliphatic carbocycles. The first-order chi connectivity index (χ1) is 13.5. The van der Waals surface area contributed by atoms with Crippen LogP contribution in [-0.2, 0) is 0 Å². The Morgan fingerprint density at radius 2 is 1.96 bits per heavy atom. The zero-order valence-electron chi connectivity index (χ0n) is 16.0. The highest BCUT2D eigenvalue weighted by Gasteiger charge is 2.25. The Morgan fingerprint density at radius 1 is 1.18 bits per heavy atom. The van der Waals surface area contributed by atoms with Crippen LogP contribution in [0.15, 0.2) is 47.1 Å². The highest BCUT2D eigenvalue weighted by atomic mass is 19.1. The van der Waals surface area contributed by atoms with Crippen molar-refractivity contribution in [1.29, 1.82) is 0 Å². The van der Waals surface area contributed by atoms with Crippen molar-refractivity contribution in [2.45, 2.75) is 32.6 Å². The number of likely N-dealkylation sites (tertiary alicyclic amines) is 1. The fraction of sp³-hybridized carbons (Fsp3) is 0.318. The summed E-state index contributed by atoms with van der Waals surface area (Å²) in [5.41, 5.74) is 4.26. The van der Waals surface area contributed by atoms with Gasteiger partial charge in [0, 0.05) is 24.8 Å². The Hall–Kier alpha value is -3.02. The number of aryl methyl sites for hydroxylation is 2. The molecule has 6 heteroatoms. The molecule has 0 saturated carbocycles. The number of hydrogen-bond donors (Lipinski definition) is 0. The maximum Gasteiger partial charge on any atom is 0.253 e. The number of halogens is 1. The molecule has 0 radical (unpaired) electrons. The average Bonchev–Trinajstić information content (AvgIpc) is 3.06. The Kier molecular flexibility index (Phi) is 4.94. The second-order valence-electron chi connectivity index (χ2n) is 7.25. The lowest BCUT2D eigenvalue weighted by atomic mass is 9.89. The molecule has 144 valence electrons. The van der Waals surface area contributed by atoms with Crippen LogP contribution in [0, 0.1) is 19.7 Å². The standard InChI is InChI=1S/C22H22FN3O2/c1-14-21(15(2)28-25-14)20-13-17(6-9-24-20)16-7-10-26(11-8-16)22(27)18-4-3-5-19(23)12-18/h3-6,9,12-13,16H,7-8,10-11H2,1-2H3. The van der Waals surface area contributed by atoms with E-state index in [1.165, 1.54) is 17.7 Å². The van der Waals surface area contributed by atoms with E-state index in [2.05, 4.69) is 16.2 Å². The van der Waals surface area contributed by atoms with Crippen LogP contribution in [0.1, 0.15) is 46.1 Å². The zero-order valence-corrected chi connectivity index (χ0v) is 16.0. The van der Waals surface area contributed by atoms with Gasteiger partial charge in [-0.3, -0.25) is 9.78 Å². The fourth-order valence-corrected chi connectivity index (χ4v) is 3.91. The molecular formula is C22H22FN3O2. The Morgan fingerprint density at radius 3 is 2.64 bits per heavy atom. The van der Waals surface area contributed by atoms with Gasteiger partial charge < -0.3 is 9.42 Å². The summed E-state index contributed by atoms with van der Waals surface area (Å²) in [6.45, 7) is 5.11. The molecule has 1 aliphatic heterocycles. The van der Waals surface area contributed by atoms with E-state index in [-0.39, 0.29) is 11.7 Å². The predicted molar refractivity (Wildman–Crippen MR) is 103 cm³/mol. The topological polar surface area (TPSA) is 59.2 Å². The number of carbonyl (C=O) groups excluding carboxylic acids is 1. The van der Waals surface area contributed by atoms with E-state index in [0.29, 0.717) is 24.6 Å². The molecule has 1 fully saturated rings. The molecular weight excluding hydrogens is 357 g/mol. The summed E-state index contributed by atoms with van der Waals surface area (Å²) in [7, 11) is 0. The average molecular weight is 379 g/mol. The monoisotopic (exact) mass is 379 g/mol. The van der Waals surface area contributed by atoms with E-state index in [9.17, 15) is 9.18 Å². The summed E-state index contributed by atoms with van der Waals surface area (Å²) < 4.78 is 18.7. The van der Waals surface area contributed by atoms with Crippen LogP contribution in [-0.4, -0.2) is 34.0 Å². The van der Waals surface area contributed by atoms with Gasteiger partial charge in [0.2, 0.25) is 0 Å². The van der Waals surface area contributed by atoms with Crippen LogP contribution in [0.2, 0.25) is 0 Å². The minimum absolute atomic E-state index is 0.107. The second kappa shape index (κ2) is 7.54. The van der Waals surface area contributed by atoms with Crippen molar-refractivity contribution < 1.29 is 13.7 Å². The molecule has 0 unspecified atom stereocenters. The number of benzene rings is 1. The second-order valence-corrected chi connectivity index (χ2v) is 7.25. The lowest BCUT2D eigenvalue weighted by Crippen LogP contribution is -2.38. The first-order valence-corrected chi connectivity index (χ1v) is 9.47. The quantitative estimate of drug-likeness (QED) is 0.672. The smallest absolute Gasteiger partial charge is 0.253 e. The number of aromatic nitrogens is 2. The summed E-state index contributed by atoms with van der Waals surface area (Å²) in [6.07, 6.45) is 3.55. The van der Waals surface area contributed by atoms with Crippen molar-refractivity contribution in [1.82, 2.24) is 15.0 Å². The number of hydrogen-bond acceptors (Lipinski definition) is 4. The van der Waals surface area contributed by atoms with Crippen LogP contribution in [0.4, 0.5) is 4.39 Å². The van der Waals surface area contributed by atoms with Crippen LogP contribution >= 0.6 is 0 Å². The van der Waals surface area contributed by atoms with Crippen molar-refractivity contribution in [3.63, 3.8) is 0 Å². The molecule has 5 nitrogen and oxygen atoms in total. The molecule has 0 spiro atoms. The number of piperidine rings is 1. The summed E-state index contributed by atoms with van der Waals surface area (Å²) >= 11 is 0. The summed E-state index contributed by atoms with van der Waals surface area (Å²) in [5.74, 6) is 0.630. The largest absolute Gasteiger partial charge is 0.361 e. The minimum atomic E-state index is -0.385. The molecule has 3 aromatic rings. The van der Waals surface area contributed by atoms with E-state index in [1.54, 1.807) is 12.1 Å². The molecule has 4 rings (SSSR count). The van der Waals surface area contributed by atoms with Crippen LogP contribution in [0.3, 0.4) is 0 Å². The normalized spacial score (nSPS) is 15.0. The zero-order chi connectivity index (χ0) is 19.7. The van der Waals surface area contributed by atoms with Gasteiger partial charge in [0.05, 0.1) is 17.0 Å². The van der Waals surface area contributed by atoms with Gasteiger partial charge in [0.25, 0.3) is 5.91 Å². The van der Waals surface area contributed by atoms with Crippen LogP contribution < -0.4 is 0 Å². The number of rotatable bonds is 3. The molecule has 2 aromatic heterocycles. The lowest BCUT2D eigenvalue weighted by Gasteiger charge is -2.32. The van der Waals surface area contributed by atoms with Gasteiger partial charge in [-0.1, -0.05) is 11.2 Å². The highest BCUT2D eigenvalue weighted by Crippen LogP contribution is 2.32. The first-order valence-electron chi connectivity index (χ1n) is 9.47. The molecule has 1 amide bonds. The highest BCUT2D eigenvalue weighted by molar-refractivity contribution is 5.94. The molecule has 28 heavy (non-hydrogen) atoms. The Bertz CT molecular complexity index is 987. The maximum atomic E-state index is 13.4. The predicted octanol–water partition coefficient (Wildman–Crippen LogP) is 4.51. The van der Waals surface area contributed by atoms with Crippen molar-refractivity contribution in [2.24, 2.45) is 0 Å². The van der Waals surface area contributed by atoms with Gasteiger partial charge in [-0.2, -0.15) is 0 Å². The van der Waals surface area contributed by atoms with Gasteiger partial charge in [0.15, 0.2) is 0 Å². The van der Waals surface area contributed by atoms with Gasteiger partial charge in [0.1, 0.15) is 11.6 Å². The van der Waals surface area contributed by atoms with E-state index in [1.807, 2.05) is 31.0 Å². The van der Waals surface area contributed by atoms with Crippen molar-refractivity contribution >= 4 is 5.91 Å². The number of amides is 1. The SMILES string of the molecule is Cc1noc(C)c1-c1cc(C2CCN(C(=O)c3cccc(F)c3)CC2)ccn1. The van der Waals surface area contributed by atoms with E-state index >= 15 is 0 Å². The van der Waals surface area contributed by atoms with E-state index in [0.717, 1.165) is 35.6 Å². The van der Waals surface area contributed by atoms with Crippen molar-refractivity contribution in [2.75, 3.05) is 13.1 Å². The third-order valence-corrected chi connectivity index (χ3v) is 5.40. The molecule has 1 saturated heterocycles. The minimum Gasteiger partial charge on any atom is -0.361 e. The molecule has 0 bridgehead atoms. The summed E-state index contributed by atoms with van der Waals surface area (Å²) in [4.78, 5) is 18.9. The third kappa shape index (κ3) is 3.54. The van der Waals surface area contributed by atoms with Gasteiger partial charge in [-0.25, -0.2) is 4.39 Å². The van der Waals surface area contributed by atoms with E-state index in [4.69, 9.17) is 4.52 Å². The number of pyridine rings is 1. The third-order valence-electron chi connectivity index (χ3n) is 5.40. The van der Waals surface area contributed by atoms with Crippen LogP contribution in [0.5, 0.6) is 0 Å². The van der Waals surface area contributed by atoms with Crippen LogP contribution in [0.25, 0.3) is 11.3 Å². The van der Waals surface area contributed by atoms with Gasteiger partial charge in [-0.05, 0) is 68.5 Å². The van der Waals surface area contributed by atoms with Gasteiger partial charge >= 0.3 is 0 Å². The first kappa shape index (κ1) is 18.3. The number of nitrogens with zero attached hydrogens (tertiary/aromatic N) is 3. The van der Waals surface area contributed by atoms with Crippen molar-refractivity contribution in [3.05, 3.63) is 71.0 Å². The Balaban J connectivity index is 1.47. The summed E-state index contributed by atoms with van der Waals surface area (Å²) in [6, 6.07) is 10.0. The molecule has 1 aliphatic rings. The molecule has 0 atom stereocenters. The molecule has 3 heterocycles. The van der Waals surface area contributed by atoms with Crippen molar-refractivity contribution in [3.8, 4) is 11.3 Å². The molecule has 1 aromatic carbocycles. The van der Waals surface area contributed by atoms with Gasteiger partial charge in [-0.15, -0.1) is 0 Å². The number of carbonyl (C=O) groups is 1. The van der Waals surface area contributed by atoms with E-state index < -0.39 is 0 Å². The summed E-state index contributed by atoms with van der Waals surface area (Å²) in [5, 5.41) is 4.01.